The maximum Gasteiger partial charge on any atom is 0.250 e. The highest BCUT2D eigenvalue weighted by atomic mass is 16.5. The average molecular weight is 363 g/mol. The molecule has 0 aliphatic heterocycles. The Morgan fingerprint density at radius 2 is 1.78 bits per heavy atom. The normalized spacial score (nSPS) is 11.4. The molecule has 4 aromatic rings. The molecule has 2 heterocycles. The maximum atomic E-state index is 5.48. The third-order valence-electron chi connectivity index (χ3n) is 4.02. The molecular formula is C20H17N3O4. The molecule has 0 aliphatic rings. The minimum atomic E-state index is 0.399. The Balaban J connectivity index is 1.57. The van der Waals surface area contributed by atoms with Gasteiger partial charge in [-0.05, 0) is 42.0 Å². The topological polar surface area (TPSA) is 83.4 Å². The Kier molecular flexibility index (Phi) is 4.33. The van der Waals surface area contributed by atoms with Crippen molar-refractivity contribution < 1.29 is 18.4 Å². The van der Waals surface area contributed by atoms with Crippen LogP contribution in [0, 0.1) is 6.92 Å². The first-order chi connectivity index (χ1) is 13.2. The van der Waals surface area contributed by atoms with Crippen molar-refractivity contribution in [1.82, 2.24) is 15.1 Å². The number of nitrogens with zero attached hydrogens (tertiary/aromatic N) is 3. The van der Waals surface area contributed by atoms with E-state index in [1.807, 2.05) is 49.4 Å². The molecule has 27 heavy (non-hydrogen) atoms. The van der Waals surface area contributed by atoms with Crippen molar-refractivity contribution in [2.24, 2.45) is 0 Å². The molecule has 0 radical (unpaired) electrons. The van der Waals surface area contributed by atoms with Crippen LogP contribution in [0.4, 0.5) is 0 Å². The highest BCUT2D eigenvalue weighted by Crippen LogP contribution is 2.28. The molecule has 7 nitrogen and oxygen atoms in total. The number of methoxy groups -OCH3 is 2. The largest absolute Gasteiger partial charge is 0.493 e. The van der Waals surface area contributed by atoms with E-state index >= 15 is 0 Å². The lowest BCUT2D eigenvalue weighted by molar-refractivity contribution is 0.355. The van der Waals surface area contributed by atoms with E-state index < -0.39 is 0 Å². The van der Waals surface area contributed by atoms with Gasteiger partial charge in [-0.15, -0.1) is 0 Å². The summed E-state index contributed by atoms with van der Waals surface area (Å²) >= 11 is 0. The van der Waals surface area contributed by atoms with Gasteiger partial charge >= 0.3 is 0 Å². The van der Waals surface area contributed by atoms with E-state index in [0.717, 1.165) is 22.2 Å². The molecule has 0 spiro atoms. The first-order valence-corrected chi connectivity index (χ1v) is 8.27. The Morgan fingerprint density at radius 3 is 2.59 bits per heavy atom. The predicted octanol–water partition coefficient (Wildman–Crippen LogP) is 4.37. The minimum Gasteiger partial charge on any atom is -0.493 e. The molecule has 2 aromatic carbocycles. The van der Waals surface area contributed by atoms with Crippen molar-refractivity contribution in [3.63, 3.8) is 0 Å². The zero-order chi connectivity index (χ0) is 18.8. The monoisotopic (exact) mass is 363 g/mol. The van der Waals surface area contributed by atoms with Gasteiger partial charge in [-0.3, -0.25) is 0 Å². The van der Waals surface area contributed by atoms with Crippen molar-refractivity contribution in [1.29, 1.82) is 0 Å². The minimum absolute atomic E-state index is 0.399. The molecule has 0 unspecified atom stereocenters. The smallest absolute Gasteiger partial charge is 0.250 e. The van der Waals surface area contributed by atoms with Crippen molar-refractivity contribution in [3.05, 3.63) is 53.7 Å². The zero-order valence-electron chi connectivity index (χ0n) is 15.1. The summed E-state index contributed by atoms with van der Waals surface area (Å²) in [6, 6.07) is 11.2. The van der Waals surface area contributed by atoms with E-state index in [1.54, 1.807) is 20.3 Å². The number of hydrogen-bond acceptors (Lipinski definition) is 7. The molecule has 2 aromatic heterocycles. The quantitative estimate of drug-likeness (QED) is 0.520. The standard InChI is InChI=1S/C20H17N3O4/c1-12-21-15-11-14(6-8-16(15)26-12)20-22-19(27-23-20)9-5-13-4-7-17(24-2)18(10-13)25-3/h4-11H,1-3H3. The molecular weight excluding hydrogens is 346 g/mol. The van der Waals surface area contributed by atoms with Crippen LogP contribution in [0.3, 0.4) is 0 Å². The van der Waals surface area contributed by atoms with Crippen LogP contribution >= 0.6 is 0 Å². The summed E-state index contributed by atoms with van der Waals surface area (Å²) in [6.07, 6.45) is 3.61. The number of aryl methyl sites for hydroxylation is 1. The molecule has 0 saturated heterocycles. The van der Waals surface area contributed by atoms with E-state index in [9.17, 15) is 0 Å². The molecule has 4 rings (SSSR count). The summed E-state index contributed by atoms with van der Waals surface area (Å²) in [4.78, 5) is 8.73. The van der Waals surface area contributed by atoms with Crippen molar-refractivity contribution in [3.8, 4) is 22.9 Å². The lowest BCUT2D eigenvalue weighted by Crippen LogP contribution is -1.90. The predicted molar refractivity (Wildman–Crippen MR) is 101 cm³/mol. The molecule has 0 saturated carbocycles. The van der Waals surface area contributed by atoms with Crippen LogP contribution in [0.1, 0.15) is 17.3 Å². The van der Waals surface area contributed by atoms with Gasteiger partial charge in [0.15, 0.2) is 23.0 Å². The molecule has 0 aliphatic carbocycles. The van der Waals surface area contributed by atoms with Crippen molar-refractivity contribution in [2.75, 3.05) is 14.2 Å². The number of oxazole rings is 1. The zero-order valence-corrected chi connectivity index (χ0v) is 15.1. The molecule has 0 amide bonds. The van der Waals surface area contributed by atoms with Gasteiger partial charge in [0, 0.05) is 18.6 Å². The second-order valence-corrected chi connectivity index (χ2v) is 5.82. The van der Waals surface area contributed by atoms with E-state index in [0.29, 0.717) is 29.1 Å². The molecule has 0 bridgehead atoms. The number of fused-ring (bicyclic) bond motifs is 1. The summed E-state index contributed by atoms with van der Waals surface area (Å²) in [5, 5.41) is 4.03. The Morgan fingerprint density at radius 1 is 0.926 bits per heavy atom. The third-order valence-corrected chi connectivity index (χ3v) is 4.02. The fraction of sp³-hybridized carbons (Fsp3) is 0.150. The Hall–Kier alpha value is -3.61. The summed E-state index contributed by atoms with van der Waals surface area (Å²) in [7, 11) is 3.20. The van der Waals surface area contributed by atoms with Crippen LogP contribution in [0.25, 0.3) is 34.6 Å². The van der Waals surface area contributed by atoms with Crippen molar-refractivity contribution in [2.45, 2.75) is 6.92 Å². The van der Waals surface area contributed by atoms with Gasteiger partial charge < -0.3 is 18.4 Å². The molecule has 0 atom stereocenters. The second kappa shape index (κ2) is 6.95. The second-order valence-electron chi connectivity index (χ2n) is 5.82. The molecule has 0 N–H and O–H groups in total. The van der Waals surface area contributed by atoms with E-state index in [2.05, 4.69) is 15.1 Å². The van der Waals surface area contributed by atoms with E-state index in [4.69, 9.17) is 18.4 Å². The number of aromatic nitrogens is 3. The summed E-state index contributed by atoms with van der Waals surface area (Å²) < 4.78 is 21.3. The van der Waals surface area contributed by atoms with Gasteiger partial charge in [0.05, 0.1) is 14.2 Å². The SMILES string of the molecule is COc1ccc(C=Cc2nc(-c3ccc4oc(C)nc4c3)no2)cc1OC. The summed E-state index contributed by atoms with van der Waals surface area (Å²) in [5.41, 5.74) is 3.22. The molecule has 7 heteroatoms. The van der Waals surface area contributed by atoms with Crippen molar-refractivity contribution >= 4 is 23.3 Å². The lowest BCUT2D eigenvalue weighted by Gasteiger charge is -2.07. The highest BCUT2D eigenvalue weighted by Gasteiger charge is 2.10. The third kappa shape index (κ3) is 3.39. The number of hydrogen-bond donors (Lipinski definition) is 0. The number of benzene rings is 2. The first kappa shape index (κ1) is 16.8. The van der Waals surface area contributed by atoms with Gasteiger partial charge in [0.2, 0.25) is 5.82 Å². The summed E-state index contributed by atoms with van der Waals surface area (Å²) in [5.74, 6) is 2.84. The van der Waals surface area contributed by atoms with Crippen LogP contribution in [0.15, 0.2) is 45.3 Å². The van der Waals surface area contributed by atoms with Crippen LogP contribution in [0.2, 0.25) is 0 Å². The highest BCUT2D eigenvalue weighted by molar-refractivity contribution is 5.78. The molecule has 136 valence electrons. The number of rotatable bonds is 5. The van der Waals surface area contributed by atoms with Gasteiger partial charge in [-0.2, -0.15) is 4.98 Å². The lowest BCUT2D eigenvalue weighted by atomic mass is 10.2. The van der Waals surface area contributed by atoms with Crippen LogP contribution in [0.5, 0.6) is 11.5 Å². The fourth-order valence-electron chi connectivity index (χ4n) is 2.73. The average Bonchev–Trinajstić information content (AvgIpc) is 3.30. The Bertz CT molecular complexity index is 1130. The maximum absolute atomic E-state index is 5.48. The van der Waals surface area contributed by atoms with Crippen LogP contribution in [-0.4, -0.2) is 29.3 Å². The Labute approximate surface area is 155 Å². The number of ether oxygens (including phenoxy) is 2. The molecule has 0 fully saturated rings. The van der Waals surface area contributed by atoms with E-state index in [-0.39, 0.29) is 0 Å². The van der Waals surface area contributed by atoms with Gasteiger partial charge in [0.25, 0.3) is 5.89 Å². The summed E-state index contributed by atoms with van der Waals surface area (Å²) in [6.45, 7) is 1.81. The van der Waals surface area contributed by atoms with Gasteiger partial charge in [0.1, 0.15) is 5.52 Å². The van der Waals surface area contributed by atoms with E-state index in [1.165, 1.54) is 0 Å². The fourth-order valence-corrected chi connectivity index (χ4v) is 2.73. The van der Waals surface area contributed by atoms with Crippen LogP contribution in [-0.2, 0) is 0 Å². The first-order valence-electron chi connectivity index (χ1n) is 8.27. The van der Waals surface area contributed by atoms with Gasteiger partial charge in [-0.1, -0.05) is 11.2 Å². The van der Waals surface area contributed by atoms with Crippen LogP contribution < -0.4 is 9.47 Å². The van der Waals surface area contributed by atoms with Gasteiger partial charge in [-0.25, -0.2) is 4.98 Å².